The van der Waals surface area contributed by atoms with E-state index in [0.717, 1.165) is 35.1 Å². The van der Waals surface area contributed by atoms with Crippen molar-refractivity contribution in [3.05, 3.63) is 120 Å². The number of nitrogens with one attached hydrogen (secondary N) is 2. The smallest absolute Gasteiger partial charge is 0.228 e. The lowest BCUT2D eigenvalue weighted by Gasteiger charge is -2.41. The van der Waals surface area contributed by atoms with Gasteiger partial charge in [0.15, 0.2) is 0 Å². The van der Waals surface area contributed by atoms with Gasteiger partial charge >= 0.3 is 0 Å². The van der Waals surface area contributed by atoms with Crippen molar-refractivity contribution in [1.82, 2.24) is 10.6 Å². The number of ether oxygens (including phenoxy) is 4. The zero-order valence-electron chi connectivity index (χ0n) is 139. The van der Waals surface area contributed by atoms with Gasteiger partial charge in [0.1, 0.15) is 35.3 Å². The van der Waals surface area contributed by atoms with Crippen molar-refractivity contribution in [3.8, 4) is 33.8 Å². The minimum absolute atomic E-state index is 0. The molecule has 14 heteroatoms. The van der Waals surface area contributed by atoms with E-state index in [1.807, 2.05) is 32.9 Å². The summed E-state index contributed by atoms with van der Waals surface area (Å²) in [5.41, 5.74) is 4.66. The van der Waals surface area contributed by atoms with Crippen molar-refractivity contribution in [3.63, 3.8) is 0 Å². The van der Waals surface area contributed by atoms with Gasteiger partial charge in [0.25, 0.3) is 0 Å². The van der Waals surface area contributed by atoms with E-state index in [1.54, 1.807) is 54.6 Å². The Hall–Kier alpha value is -5.22. The molecule has 6 rings (SSSR count). The van der Waals surface area contributed by atoms with E-state index in [0.29, 0.717) is 55.0 Å². The molecule has 2 saturated heterocycles. The fourth-order valence-corrected chi connectivity index (χ4v) is 7.94. The maximum absolute atomic E-state index is 13.9. The number of benzene rings is 4. The minimum atomic E-state index is -1.22. The molecule has 0 unspecified atom stereocenters. The number of aliphatic hydroxyl groups excluding tert-OH is 4. The predicted molar refractivity (Wildman–Crippen MR) is 349 cm³/mol. The predicted octanol–water partition coefficient (Wildman–Crippen LogP) is 19.4. The Bertz CT molecular complexity index is 2330. The second-order valence-electron chi connectivity index (χ2n) is 16.4. The summed E-state index contributed by atoms with van der Waals surface area (Å²) in [5, 5.41) is 47.4. The Morgan fingerprint density at radius 2 is 1.14 bits per heavy atom. The molecular weight excluding hydrogens is 827 g/mol. The number of carbonyl (C=O) groups is 2. The summed E-state index contributed by atoms with van der Waals surface area (Å²) in [5.74, 6) is -0.586. The van der Waals surface area contributed by atoms with Crippen LogP contribution in [-0.4, -0.2) is 94.5 Å². The highest BCUT2D eigenvalue weighted by atomic mass is 19.1. The van der Waals surface area contributed by atoms with Crippen molar-refractivity contribution >= 4 is 11.8 Å². The SMILES string of the molecule is C=CC[C@@H]1O[C@@H](Oc2ccc(CCNC(C)=O)c(-c3cccc(F)c3)c2)[C@H](O)[C@H](O)[C@H]1C.CCC[C@@H]1O[C@@H](Oc2ccc(CCNC(C)=O)c(-c3cccc(F)c3)c2)[C@H](O)[C@H](O)[C@H]1C.[3HH].[3H][3H].[3H][3H].[3H][3H].[3H][3H].[3H][3H].[3H][3H].[3H][3H].[3H][3H].[3H][3H].[3H][3H].[3H][3H].[3H][3H].[3H][3H].[3H][3H].[3H][3H].[3H][3H].[3H][3H].[3H][3H].[3H][3H].[3H][3H].[3H][3H].[3H][3H].[3H][3H].[3H][3H].[3H][3H].[3H][3H].[3H][3H].[3H][3H].[3H][3H].[3H][3H].[3H][3H].[3H][3H].[3H][3H].[3H][3H].[3H][3H].[3H][3H].[3H][3H].[3H][3H].[3H][3H].[3H][3H].[3H][3H].[3H][3H].[3H][3H].[3H][3H].[3H][3H].[3H][3H].[3H][3H].[3H][3H].[3H][3H].[3H][3H].[3H][3H]. The molecule has 2 aliphatic rings. The molecule has 0 spiro atoms. The fourth-order valence-electron chi connectivity index (χ4n) is 7.94. The van der Waals surface area contributed by atoms with Gasteiger partial charge in [-0.05, 0) is 108 Å². The zero-order valence-corrected chi connectivity index (χ0v) is 37.1. The number of carbonyl (C=O) groups excluding carboxylic acids is 2. The van der Waals surface area contributed by atoms with Gasteiger partial charge in [-0.15, -0.1) is 6.58 Å². The highest BCUT2D eigenvalue weighted by molar-refractivity contribution is 5.74. The van der Waals surface area contributed by atoms with Crippen LogP contribution >= 0.6 is 0 Å². The van der Waals surface area contributed by atoms with Crippen LogP contribution < -0.4 is 20.1 Å². The van der Waals surface area contributed by atoms with Gasteiger partial charge in [0, 0.05) is 192 Å². The number of aliphatic hydroxyl groups is 4. The van der Waals surface area contributed by atoms with Crippen LogP contribution in [0.25, 0.3) is 22.3 Å². The maximum atomic E-state index is 13.9. The van der Waals surface area contributed by atoms with Crippen molar-refractivity contribution < 1.29 is 211 Å². The van der Waals surface area contributed by atoms with Crippen molar-refractivity contribution in [2.24, 2.45) is 11.8 Å². The van der Waals surface area contributed by atoms with Gasteiger partial charge in [-0.25, -0.2) is 8.78 Å². The Kier molecular flexibility index (Phi) is 5.60. The first-order valence-corrected chi connectivity index (χ1v) is 21.8. The van der Waals surface area contributed by atoms with Crippen LogP contribution in [0.5, 0.6) is 11.5 Å². The van der Waals surface area contributed by atoms with Crippen LogP contribution in [0.2, 0.25) is 0 Å². The highest BCUT2D eigenvalue weighted by Gasteiger charge is 2.44. The monoisotopic (exact) mass is 1200 g/mol. The fraction of sp³-hybridized carbons (Fsp3) is 0.440. The molecule has 0 saturated carbocycles. The molecule has 2 fully saturated rings. The first-order valence-electron chi connectivity index (χ1n) is 72.8. The Balaban J connectivity index is -0.0000000210. The van der Waals surface area contributed by atoms with E-state index in [2.05, 4.69) is 17.2 Å². The zero-order chi connectivity index (χ0) is 149. The number of halogens is 2. The number of hydrogen-bond donors (Lipinski definition) is 6. The molecule has 0 aliphatic carbocycles. The highest BCUT2D eigenvalue weighted by Crippen LogP contribution is 2.35. The molecule has 2 amide bonds. The summed E-state index contributed by atoms with van der Waals surface area (Å²) in [6.07, 6.45) is -2.02. The van der Waals surface area contributed by atoms with Gasteiger partial charge in [0.2, 0.25) is 24.4 Å². The van der Waals surface area contributed by atoms with E-state index in [1.165, 1.54) is 38.1 Å². The molecule has 0 aromatic heterocycles. The molecule has 2 aliphatic heterocycles. The van der Waals surface area contributed by atoms with E-state index >= 15 is 0 Å². The lowest BCUT2D eigenvalue weighted by molar-refractivity contribution is -0.256. The molecule has 4 aromatic rings. The largest absolute Gasteiger partial charge is 0.462 e. The first-order chi connectivity index (χ1) is 81.6. The maximum Gasteiger partial charge on any atom is 0.228 e. The van der Waals surface area contributed by atoms with Crippen LogP contribution in [0.15, 0.2) is 97.6 Å². The lowest BCUT2D eigenvalue weighted by Crippen LogP contribution is -2.55. The average molecular weight is 1200 g/mol. The Morgan fingerprint density at radius 3 is 1.55 bits per heavy atom. The van der Waals surface area contributed by atoms with Crippen LogP contribution in [0, 0.1) is 23.5 Å². The van der Waals surface area contributed by atoms with E-state index in [-0.39, 0.29) is 48.9 Å². The Labute approximate surface area is 533 Å². The summed E-state index contributed by atoms with van der Waals surface area (Å²) < 4.78 is 562. The normalized spacial score (nSPS) is 31.7. The molecule has 6 N–H and O–H groups in total. The van der Waals surface area contributed by atoms with Gasteiger partial charge < -0.3 is 50.0 Å². The van der Waals surface area contributed by atoms with E-state index in [9.17, 15) is 38.8 Å². The van der Waals surface area contributed by atoms with Crippen LogP contribution in [-0.2, 0) is 31.9 Å². The second kappa shape index (κ2) is 23.6. The molecule has 450 valence electrons. The van der Waals surface area contributed by atoms with Crippen LogP contribution in [0.3, 0.4) is 0 Å². The van der Waals surface area contributed by atoms with Crippen LogP contribution in [0.1, 0.15) is 218 Å². The van der Waals surface area contributed by atoms with E-state index in [4.69, 9.17) is 170 Å². The third-order valence-corrected chi connectivity index (χ3v) is 11.6. The molecule has 10 atom stereocenters. The summed E-state index contributed by atoms with van der Waals surface area (Å²) in [6, 6.07) is 23.2. The molecule has 12 nitrogen and oxygen atoms in total. The van der Waals surface area contributed by atoms with Crippen molar-refractivity contribution in [2.45, 2.75) is 116 Å². The quantitative estimate of drug-likeness (QED) is 0.0592. The van der Waals surface area contributed by atoms with Crippen molar-refractivity contribution in [1.29, 1.82) is 0 Å². The number of amides is 2. The molecule has 64 heavy (non-hydrogen) atoms. The lowest BCUT2D eigenvalue weighted by atomic mass is 9.88. The van der Waals surface area contributed by atoms with Gasteiger partial charge in [-0.1, -0.05) is 69.7 Å². The molecular formula is C50H166F2N2O10. The summed E-state index contributed by atoms with van der Waals surface area (Å²) >= 11 is 0. The van der Waals surface area contributed by atoms with Gasteiger partial charge in [-0.3, -0.25) is 9.59 Å². The number of rotatable bonds is 16. The third kappa shape index (κ3) is 13.4. The molecule has 2 heterocycles. The Morgan fingerprint density at radius 1 is 0.703 bits per heavy atom. The standard InChI is InChI=1S/C25H32FNO5.C25H30FNO5.52H2/c2*1-4-6-22-15(2)23(29)24(30)25(32-22)31-20-10-9-17(11-12-27-16(3)28)21(14-20)18-7-5-8-19(26)13-18;;;;;;;;;;;;;;;;;;;;;;;;;;;;;;;;;;;;;;;;;;;;;;;;;;;;/h5,7-10,13-15,22-25,29-30H,4,6,11-12H2,1-3H3,(H,27,28);4-5,7-10,13-15,22-25,29-30H,1,6,11-12H2,2-3H3,(H,27,28);52*1H/t2*15-,22-,23+,24+,25+;;;;;;;;;;;;;;;;;;;;;;;;;;;;;;;;;;;;;;;;;;;;;;;;;;;;/m00..................................................../s1/i;;51*1+2T;1+2. The van der Waals surface area contributed by atoms with Crippen LogP contribution in [0.4, 0.5) is 8.78 Å². The van der Waals surface area contributed by atoms with E-state index < -0.39 is 37.0 Å². The second-order valence-corrected chi connectivity index (χ2v) is 16.4. The third-order valence-electron chi connectivity index (χ3n) is 11.6. The molecule has 4 aromatic carbocycles. The first kappa shape index (κ1) is 15.2. The van der Waals surface area contributed by atoms with Crippen molar-refractivity contribution in [2.75, 3.05) is 13.1 Å². The van der Waals surface area contributed by atoms with Gasteiger partial charge in [-0.2, -0.15) is 0 Å². The average Bonchev–Trinajstić information content (AvgIpc) is 0.801. The summed E-state index contributed by atoms with van der Waals surface area (Å²) in [4.78, 5) is 22.4. The minimum Gasteiger partial charge on any atom is -0.462 e. The topological polar surface area (TPSA) is 176 Å². The molecule has 0 radical (unpaired) electrons. The van der Waals surface area contributed by atoms with Gasteiger partial charge in [0.05, 0.1) is 24.4 Å². The molecule has 0 bridgehead atoms. The number of hydrogen-bond acceptors (Lipinski definition) is 10. The summed E-state index contributed by atoms with van der Waals surface area (Å²) in [7, 11) is 0. The summed E-state index contributed by atoms with van der Waals surface area (Å²) in [6.45, 7) is 13.2.